The largest absolute Gasteiger partial charge is 0.418 e. The maximum Gasteiger partial charge on any atom is 0.418 e. The zero-order valence-electron chi connectivity index (χ0n) is 8.93. The molecule has 0 aliphatic rings. The molecule has 2 rings (SSSR count). The lowest BCUT2D eigenvalue weighted by atomic mass is 10.0. The molecule has 0 saturated carbocycles. The van der Waals surface area contributed by atoms with Gasteiger partial charge < -0.3 is 0 Å². The maximum absolute atomic E-state index is 12.9. The Bertz CT molecular complexity index is 611. The molecule has 18 heavy (non-hydrogen) atoms. The number of alkyl halides is 3. The SMILES string of the molecule is FC(F)(F)C(=C(Br)Br)c1ccc2ccccc2c1. The minimum absolute atomic E-state index is 0.0993. The Morgan fingerprint density at radius 2 is 1.50 bits per heavy atom. The molecule has 0 aliphatic heterocycles. The second-order valence-electron chi connectivity index (χ2n) is 3.70. The summed E-state index contributed by atoms with van der Waals surface area (Å²) in [5, 5.41) is 1.69. The van der Waals surface area contributed by atoms with Crippen LogP contribution >= 0.6 is 31.9 Å². The molecular formula is C13H7Br2F3. The van der Waals surface area contributed by atoms with Crippen molar-refractivity contribution in [2.24, 2.45) is 0 Å². The summed E-state index contributed by atoms with van der Waals surface area (Å²) in [5.74, 6) is 0. The van der Waals surface area contributed by atoms with Crippen LogP contribution in [-0.2, 0) is 0 Å². The molecule has 2 aromatic carbocycles. The zero-order chi connectivity index (χ0) is 13.3. The number of rotatable bonds is 1. The molecule has 0 saturated heterocycles. The predicted molar refractivity (Wildman–Crippen MR) is 74.8 cm³/mol. The van der Waals surface area contributed by atoms with Crippen LogP contribution in [0.15, 0.2) is 45.9 Å². The van der Waals surface area contributed by atoms with Gasteiger partial charge >= 0.3 is 6.18 Å². The molecular weight excluding hydrogens is 373 g/mol. The molecule has 0 nitrogen and oxygen atoms in total. The molecule has 0 amide bonds. The number of halogens is 5. The number of hydrogen-bond acceptors (Lipinski definition) is 0. The topological polar surface area (TPSA) is 0 Å². The average molecular weight is 380 g/mol. The van der Waals surface area contributed by atoms with Crippen molar-refractivity contribution in [3.05, 3.63) is 51.4 Å². The third-order valence-corrected chi connectivity index (χ3v) is 3.30. The summed E-state index contributed by atoms with van der Waals surface area (Å²) in [7, 11) is 0. The normalized spacial score (nSPS) is 11.6. The van der Waals surface area contributed by atoms with E-state index in [2.05, 4.69) is 31.9 Å². The summed E-state index contributed by atoms with van der Waals surface area (Å²) >= 11 is 5.71. The molecule has 0 aromatic heterocycles. The lowest BCUT2D eigenvalue weighted by molar-refractivity contribution is -0.0688. The molecule has 0 bridgehead atoms. The summed E-state index contributed by atoms with van der Waals surface area (Å²) in [6.07, 6.45) is -4.41. The van der Waals surface area contributed by atoms with E-state index in [0.717, 1.165) is 10.8 Å². The fourth-order valence-electron chi connectivity index (χ4n) is 1.72. The van der Waals surface area contributed by atoms with Gasteiger partial charge in [0.15, 0.2) is 0 Å². The van der Waals surface area contributed by atoms with Gasteiger partial charge in [-0.25, -0.2) is 0 Å². The maximum atomic E-state index is 12.9. The molecule has 0 radical (unpaired) electrons. The smallest absolute Gasteiger partial charge is 0.166 e. The predicted octanol–water partition coefficient (Wildman–Crippen LogP) is 5.86. The third-order valence-electron chi connectivity index (χ3n) is 2.51. The molecule has 0 spiro atoms. The van der Waals surface area contributed by atoms with Crippen molar-refractivity contribution in [3.63, 3.8) is 0 Å². The number of benzene rings is 2. The zero-order valence-corrected chi connectivity index (χ0v) is 12.1. The van der Waals surface area contributed by atoms with Crippen molar-refractivity contribution in [2.45, 2.75) is 6.18 Å². The fourth-order valence-corrected chi connectivity index (χ4v) is 2.63. The van der Waals surface area contributed by atoms with E-state index in [4.69, 9.17) is 0 Å². The van der Waals surface area contributed by atoms with Gasteiger partial charge in [0.25, 0.3) is 0 Å². The summed E-state index contributed by atoms with van der Waals surface area (Å²) in [4.78, 5) is 0. The molecule has 0 atom stereocenters. The van der Waals surface area contributed by atoms with E-state index in [0.29, 0.717) is 0 Å². The Balaban J connectivity index is 2.64. The molecule has 5 heteroatoms. The highest BCUT2D eigenvalue weighted by molar-refractivity contribution is 9.28. The number of fused-ring (bicyclic) bond motifs is 1. The highest BCUT2D eigenvalue weighted by atomic mass is 79.9. The van der Waals surface area contributed by atoms with E-state index in [1.54, 1.807) is 18.2 Å². The van der Waals surface area contributed by atoms with Crippen molar-refractivity contribution in [2.75, 3.05) is 0 Å². The van der Waals surface area contributed by atoms with Crippen molar-refractivity contribution in [3.8, 4) is 0 Å². The molecule has 0 N–H and O–H groups in total. The molecule has 0 unspecified atom stereocenters. The summed E-state index contributed by atoms with van der Waals surface area (Å²) < 4.78 is 38.7. The van der Waals surface area contributed by atoms with Gasteiger partial charge in [-0.1, -0.05) is 36.4 Å². The van der Waals surface area contributed by atoms with E-state index in [1.807, 2.05) is 12.1 Å². The Morgan fingerprint density at radius 1 is 0.889 bits per heavy atom. The lowest BCUT2D eigenvalue weighted by Crippen LogP contribution is -2.11. The van der Waals surface area contributed by atoms with E-state index in [9.17, 15) is 13.2 Å². The van der Waals surface area contributed by atoms with Gasteiger partial charge in [0.1, 0.15) is 0 Å². The second-order valence-corrected chi connectivity index (χ2v) is 6.35. The van der Waals surface area contributed by atoms with E-state index in [1.165, 1.54) is 12.1 Å². The van der Waals surface area contributed by atoms with E-state index in [-0.39, 0.29) is 8.96 Å². The monoisotopic (exact) mass is 378 g/mol. The Morgan fingerprint density at radius 3 is 2.06 bits per heavy atom. The highest BCUT2D eigenvalue weighted by Crippen LogP contribution is 2.41. The lowest BCUT2D eigenvalue weighted by Gasteiger charge is -2.13. The van der Waals surface area contributed by atoms with Crippen molar-refractivity contribution in [1.82, 2.24) is 0 Å². The second kappa shape index (κ2) is 5.05. The van der Waals surface area contributed by atoms with Gasteiger partial charge in [0.05, 0.1) is 8.96 Å². The van der Waals surface area contributed by atoms with Crippen LogP contribution in [0.5, 0.6) is 0 Å². The van der Waals surface area contributed by atoms with Crippen LogP contribution < -0.4 is 0 Å². The van der Waals surface area contributed by atoms with Crippen LogP contribution in [0, 0.1) is 0 Å². The first-order chi connectivity index (χ1) is 8.39. The standard InChI is InChI=1S/C13H7Br2F3/c14-12(15)11(13(16,17)18)10-6-5-8-3-1-2-4-9(8)7-10/h1-7H. The number of hydrogen-bond donors (Lipinski definition) is 0. The Kier molecular flexibility index (Phi) is 3.82. The third kappa shape index (κ3) is 2.78. The van der Waals surface area contributed by atoms with Gasteiger partial charge in [-0.05, 0) is 54.3 Å². The van der Waals surface area contributed by atoms with Crippen LogP contribution in [0.4, 0.5) is 13.2 Å². The highest BCUT2D eigenvalue weighted by Gasteiger charge is 2.36. The molecule has 0 fully saturated rings. The molecule has 94 valence electrons. The first-order valence-corrected chi connectivity index (χ1v) is 6.60. The van der Waals surface area contributed by atoms with E-state index >= 15 is 0 Å². The van der Waals surface area contributed by atoms with Crippen LogP contribution in [0.1, 0.15) is 5.56 Å². The van der Waals surface area contributed by atoms with Gasteiger partial charge in [0, 0.05) is 0 Å². The number of allylic oxidation sites excluding steroid dienone is 1. The fraction of sp³-hybridized carbons (Fsp3) is 0.0769. The quantitative estimate of drug-likeness (QED) is 0.582. The summed E-state index contributed by atoms with van der Waals surface area (Å²) in [6.45, 7) is 0. The Hall–Kier alpha value is -0.810. The van der Waals surface area contributed by atoms with E-state index < -0.39 is 11.7 Å². The molecule has 0 heterocycles. The molecule has 0 aliphatic carbocycles. The first-order valence-electron chi connectivity index (χ1n) is 5.01. The Labute approximate surface area is 119 Å². The first kappa shape index (κ1) is 13.6. The molecule has 2 aromatic rings. The van der Waals surface area contributed by atoms with Crippen LogP contribution in [0.25, 0.3) is 16.3 Å². The van der Waals surface area contributed by atoms with Crippen molar-refractivity contribution >= 4 is 48.2 Å². The van der Waals surface area contributed by atoms with Gasteiger partial charge in [0.2, 0.25) is 0 Å². The van der Waals surface area contributed by atoms with Gasteiger partial charge in [-0.15, -0.1) is 0 Å². The van der Waals surface area contributed by atoms with Crippen LogP contribution in [0.3, 0.4) is 0 Å². The van der Waals surface area contributed by atoms with Crippen molar-refractivity contribution in [1.29, 1.82) is 0 Å². The van der Waals surface area contributed by atoms with Crippen LogP contribution in [-0.4, -0.2) is 6.18 Å². The average Bonchev–Trinajstić information content (AvgIpc) is 2.26. The minimum Gasteiger partial charge on any atom is -0.166 e. The van der Waals surface area contributed by atoms with Gasteiger partial charge in [-0.2, -0.15) is 13.2 Å². The van der Waals surface area contributed by atoms with Crippen LogP contribution in [0.2, 0.25) is 0 Å². The summed E-state index contributed by atoms with van der Waals surface area (Å²) in [5.41, 5.74) is -0.585. The van der Waals surface area contributed by atoms with Gasteiger partial charge in [-0.3, -0.25) is 0 Å². The summed E-state index contributed by atoms with van der Waals surface area (Å²) in [6, 6.07) is 12.0. The van der Waals surface area contributed by atoms with Crippen molar-refractivity contribution < 1.29 is 13.2 Å². The minimum atomic E-state index is -4.41.